The van der Waals surface area contributed by atoms with Crippen LogP contribution in [0.2, 0.25) is 0 Å². The minimum Gasteiger partial charge on any atom is -0.341 e. The second-order valence-corrected chi connectivity index (χ2v) is 9.10. The van der Waals surface area contributed by atoms with E-state index < -0.39 is 0 Å². The Hall–Kier alpha value is -3.88. The lowest BCUT2D eigenvalue weighted by atomic mass is 10.00. The Labute approximate surface area is 197 Å². The van der Waals surface area contributed by atoms with E-state index >= 15 is 0 Å². The topological polar surface area (TPSA) is 113 Å². The van der Waals surface area contributed by atoms with Gasteiger partial charge in [-0.25, -0.2) is 24.9 Å². The highest BCUT2D eigenvalue weighted by Crippen LogP contribution is 2.25. The molecule has 1 saturated heterocycles. The number of hydrogen-bond donors (Lipinski definition) is 2. The normalized spacial score (nSPS) is 14.5. The summed E-state index contributed by atoms with van der Waals surface area (Å²) >= 11 is 0. The first-order valence-electron chi connectivity index (χ1n) is 11.6. The number of H-pyrrole nitrogens is 1. The molecule has 9 nitrogen and oxygen atoms in total. The number of aromatic nitrogens is 6. The van der Waals surface area contributed by atoms with Gasteiger partial charge in [-0.05, 0) is 51.2 Å². The number of aryl methyl sites for hydroxylation is 3. The second kappa shape index (κ2) is 8.81. The molecule has 0 aliphatic carbocycles. The molecule has 0 saturated carbocycles. The van der Waals surface area contributed by atoms with E-state index in [0.29, 0.717) is 11.6 Å². The molecule has 34 heavy (non-hydrogen) atoms. The minimum atomic E-state index is -0.283. The van der Waals surface area contributed by atoms with Crippen molar-refractivity contribution in [1.29, 1.82) is 0 Å². The maximum Gasteiger partial charge on any atom is 0.252 e. The van der Waals surface area contributed by atoms with Gasteiger partial charge < -0.3 is 4.90 Å². The highest BCUT2D eigenvalue weighted by molar-refractivity contribution is 5.82. The highest BCUT2D eigenvalue weighted by atomic mass is 16.1. The van der Waals surface area contributed by atoms with Gasteiger partial charge >= 0.3 is 0 Å². The van der Waals surface area contributed by atoms with Crippen LogP contribution in [0.15, 0.2) is 35.3 Å². The zero-order valence-corrected chi connectivity index (χ0v) is 19.9. The van der Waals surface area contributed by atoms with E-state index in [1.807, 2.05) is 39.0 Å². The van der Waals surface area contributed by atoms with Crippen LogP contribution in [-0.4, -0.2) is 43.0 Å². The summed E-state index contributed by atoms with van der Waals surface area (Å²) in [6, 6.07) is 7.51. The van der Waals surface area contributed by atoms with Crippen LogP contribution in [0, 0.1) is 26.7 Å². The third kappa shape index (κ3) is 4.46. The summed E-state index contributed by atoms with van der Waals surface area (Å²) in [7, 11) is 0. The third-order valence-corrected chi connectivity index (χ3v) is 6.32. The van der Waals surface area contributed by atoms with Gasteiger partial charge in [0.1, 0.15) is 0 Å². The fourth-order valence-electron chi connectivity index (χ4n) is 4.28. The summed E-state index contributed by atoms with van der Waals surface area (Å²) in [5.74, 6) is 2.11. The first kappa shape index (κ1) is 21.9. The Balaban J connectivity index is 1.44. The van der Waals surface area contributed by atoms with Gasteiger partial charge in [-0.1, -0.05) is 19.1 Å². The van der Waals surface area contributed by atoms with Gasteiger partial charge in [0.05, 0.1) is 22.6 Å². The van der Waals surface area contributed by atoms with Crippen molar-refractivity contribution in [2.75, 3.05) is 23.3 Å². The molecular weight excluding hydrogens is 428 g/mol. The number of fused-ring (bicyclic) bond motifs is 1. The molecule has 0 unspecified atom stereocenters. The van der Waals surface area contributed by atoms with Crippen molar-refractivity contribution < 1.29 is 0 Å². The molecule has 0 bridgehead atoms. The molecule has 1 aliphatic rings. The lowest BCUT2D eigenvalue weighted by Gasteiger charge is -2.30. The Kier molecular flexibility index (Phi) is 5.69. The Bertz CT molecular complexity index is 1420. The molecule has 2 N–H and O–H groups in total. The van der Waals surface area contributed by atoms with Gasteiger partial charge in [-0.15, -0.1) is 0 Å². The van der Waals surface area contributed by atoms with Crippen LogP contribution >= 0.6 is 0 Å². The van der Waals surface area contributed by atoms with E-state index in [1.54, 1.807) is 6.20 Å². The molecule has 0 radical (unpaired) electrons. The molecule has 1 aromatic carbocycles. The fourth-order valence-corrected chi connectivity index (χ4v) is 4.28. The lowest BCUT2D eigenvalue weighted by molar-refractivity contribution is 0.434. The van der Waals surface area contributed by atoms with E-state index in [4.69, 9.17) is 4.98 Å². The molecule has 3 aromatic heterocycles. The number of anilines is 3. The molecule has 0 spiro atoms. The van der Waals surface area contributed by atoms with Crippen LogP contribution in [0.25, 0.3) is 22.2 Å². The molecule has 0 atom stereocenters. The van der Waals surface area contributed by atoms with E-state index in [2.05, 4.69) is 42.1 Å². The second-order valence-electron chi connectivity index (χ2n) is 9.10. The summed E-state index contributed by atoms with van der Waals surface area (Å²) in [6.07, 6.45) is 4.04. The fraction of sp³-hybridized carbons (Fsp3) is 0.360. The number of nitrogens with one attached hydrogen (secondary N) is 2. The van der Waals surface area contributed by atoms with E-state index in [1.165, 1.54) is 6.07 Å². The first-order valence-corrected chi connectivity index (χ1v) is 11.6. The van der Waals surface area contributed by atoms with Gasteiger partial charge in [-0.3, -0.25) is 15.1 Å². The van der Waals surface area contributed by atoms with Crippen LogP contribution < -0.4 is 15.8 Å². The predicted octanol–water partition coefficient (Wildman–Crippen LogP) is 4.08. The Morgan fingerprint density at radius 3 is 2.56 bits per heavy atom. The SMILES string of the molecule is Cc1ccc2c(C)nc(Nc3nc(-c4cnc(N5CCC(C)CC5)nc4C)cc(=O)[nH]3)nc2c1. The zero-order chi connectivity index (χ0) is 23.8. The van der Waals surface area contributed by atoms with Crippen molar-refractivity contribution in [2.24, 2.45) is 5.92 Å². The van der Waals surface area contributed by atoms with Crippen molar-refractivity contribution in [3.63, 3.8) is 0 Å². The molecule has 9 heteroatoms. The number of nitrogens with zero attached hydrogens (tertiary/aromatic N) is 6. The monoisotopic (exact) mass is 456 g/mol. The minimum absolute atomic E-state index is 0.266. The van der Waals surface area contributed by atoms with E-state index in [0.717, 1.165) is 71.2 Å². The van der Waals surface area contributed by atoms with Gasteiger partial charge in [0, 0.05) is 36.3 Å². The van der Waals surface area contributed by atoms with Crippen LogP contribution in [0.4, 0.5) is 17.8 Å². The predicted molar refractivity (Wildman–Crippen MR) is 134 cm³/mol. The van der Waals surface area contributed by atoms with Crippen molar-refractivity contribution in [3.8, 4) is 11.3 Å². The maximum absolute atomic E-state index is 12.4. The van der Waals surface area contributed by atoms with Crippen LogP contribution in [0.3, 0.4) is 0 Å². The molecule has 174 valence electrons. The zero-order valence-electron chi connectivity index (χ0n) is 19.9. The van der Waals surface area contributed by atoms with E-state index in [9.17, 15) is 4.79 Å². The quantitative estimate of drug-likeness (QED) is 0.472. The first-order chi connectivity index (χ1) is 16.4. The van der Waals surface area contributed by atoms with Crippen LogP contribution in [-0.2, 0) is 0 Å². The molecular formula is C25H28N8O. The summed E-state index contributed by atoms with van der Waals surface area (Å²) in [6.45, 7) is 10.1. The highest BCUT2D eigenvalue weighted by Gasteiger charge is 2.19. The Morgan fingerprint density at radius 2 is 1.79 bits per heavy atom. The van der Waals surface area contributed by atoms with Crippen molar-refractivity contribution in [2.45, 2.75) is 40.5 Å². The summed E-state index contributed by atoms with van der Waals surface area (Å²) in [4.78, 5) is 40.4. The smallest absolute Gasteiger partial charge is 0.252 e. The maximum atomic E-state index is 12.4. The van der Waals surface area contributed by atoms with Gasteiger partial charge in [0.25, 0.3) is 5.56 Å². The number of aromatic amines is 1. The average molecular weight is 457 g/mol. The Morgan fingerprint density at radius 1 is 1.00 bits per heavy atom. The standard InChI is InChI=1S/C25H28N8O/c1-14-7-9-33(10-8-14)25-26-13-19(17(4)28-25)21-12-22(34)31-24(30-21)32-23-27-16(3)18-6-5-15(2)11-20(18)29-23/h5-6,11-14H,7-10H2,1-4H3,(H2,27,29,30,31,32,34). The van der Waals surface area contributed by atoms with Crippen molar-refractivity contribution in [1.82, 2.24) is 29.9 Å². The molecule has 4 heterocycles. The number of benzene rings is 1. The van der Waals surface area contributed by atoms with Crippen molar-refractivity contribution in [3.05, 3.63) is 57.8 Å². The largest absolute Gasteiger partial charge is 0.341 e. The third-order valence-electron chi connectivity index (χ3n) is 6.32. The molecule has 5 rings (SSSR count). The number of hydrogen-bond acceptors (Lipinski definition) is 8. The van der Waals surface area contributed by atoms with Gasteiger partial charge in [-0.2, -0.15) is 0 Å². The lowest BCUT2D eigenvalue weighted by Crippen LogP contribution is -2.34. The van der Waals surface area contributed by atoms with Crippen LogP contribution in [0.5, 0.6) is 0 Å². The van der Waals surface area contributed by atoms with Gasteiger partial charge in [0.2, 0.25) is 17.8 Å². The molecule has 1 fully saturated rings. The van der Waals surface area contributed by atoms with Crippen molar-refractivity contribution >= 4 is 28.7 Å². The summed E-state index contributed by atoms with van der Waals surface area (Å²) in [5.41, 5.74) is 4.50. The van der Waals surface area contributed by atoms with Gasteiger partial charge in [0.15, 0.2) is 0 Å². The average Bonchev–Trinajstić information content (AvgIpc) is 2.79. The number of rotatable bonds is 4. The summed E-state index contributed by atoms with van der Waals surface area (Å²) in [5, 5.41) is 4.04. The molecule has 1 aliphatic heterocycles. The summed E-state index contributed by atoms with van der Waals surface area (Å²) < 4.78 is 0. The number of piperidine rings is 1. The van der Waals surface area contributed by atoms with E-state index in [-0.39, 0.29) is 11.5 Å². The molecule has 4 aromatic rings. The van der Waals surface area contributed by atoms with Crippen LogP contribution in [0.1, 0.15) is 36.7 Å². The molecule has 0 amide bonds.